The van der Waals surface area contributed by atoms with E-state index in [1.807, 2.05) is 36.4 Å². The molecule has 1 N–H and O–H groups in total. The monoisotopic (exact) mass is 467 g/mol. The lowest BCUT2D eigenvalue weighted by Crippen LogP contribution is -2.42. The molecule has 0 radical (unpaired) electrons. The molecule has 2 aromatic rings. The molecule has 33 heavy (non-hydrogen) atoms. The summed E-state index contributed by atoms with van der Waals surface area (Å²) in [5, 5.41) is 3.91. The van der Waals surface area contributed by atoms with Gasteiger partial charge in [-0.1, -0.05) is 42.4 Å². The van der Waals surface area contributed by atoms with Gasteiger partial charge in [-0.25, -0.2) is 0 Å². The van der Waals surface area contributed by atoms with Gasteiger partial charge in [0.15, 0.2) is 17.3 Å². The average molecular weight is 468 g/mol. The van der Waals surface area contributed by atoms with Gasteiger partial charge in [0.2, 0.25) is 0 Å². The number of carbonyl (C=O) groups is 2. The van der Waals surface area contributed by atoms with Crippen LogP contribution in [0.1, 0.15) is 35.8 Å². The lowest BCUT2D eigenvalue weighted by molar-refractivity contribution is -0.144. The van der Waals surface area contributed by atoms with Crippen LogP contribution in [0.25, 0.3) is 0 Å². The molecule has 7 heteroatoms. The van der Waals surface area contributed by atoms with Crippen LogP contribution in [-0.2, 0) is 14.3 Å². The minimum Gasteiger partial charge on any atom is -0.493 e. The number of carbonyl (C=O) groups excluding carboxylic acids is 2. The highest BCUT2D eigenvalue weighted by molar-refractivity contribution is 6.30. The van der Waals surface area contributed by atoms with Crippen molar-refractivity contribution in [3.63, 3.8) is 0 Å². The second kappa shape index (κ2) is 9.32. The number of Topliss-reactive ketones (excluding diaryl/α,β-unsaturated/α-hetero) is 1. The van der Waals surface area contributed by atoms with Crippen molar-refractivity contribution in [1.82, 2.24) is 5.32 Å². The highest BCUT2D eigenvalue weighted by Gasteiger charge is 2.46. The minimum absolute atomic E-state index is 0.00338. The molecule has 1 heterocycles. The van der Waals surface area contributed by atoms with E-state index in [1.165, 1.54) is 7.11 Å². The summed E-state index contributed by atoms with van der Waals surface area (Å²) in [6.07, 6.45) is 0.934. The smallest absolute Gasteiger partial charge is 0.315 e. The number of allylic oxidation sites excluding steroid dienone is 2. The standard InChI is InChI=1S/C26H26ClNO5/c1-14-22(26(30)33-4)23(18-6-5-7-21(31-2)25(18)32-3)24-19(28-14)12-16(13-20(24)29)15-8-10-17(27)11-9-15/h5-11,16,22-23,28H,1,12-13H2,2-4H3. The second-order valence-electron chi connectivity index (χ2n) is 8.18. The van der Waals surface area contributed by atoms with Crippen LogP contribution in [0.4, 0.5) is 0 Å². The Labute approximate surface area is 198 Å². The fourth-order valence-corrected chi connectivity index (χ4v) is 5.04. The van der Waals surface area contributed by atoms with Crippen LogP contribution in [0.15, 0.2) is 66.0 Å². The minimum atomic E-state index is -0.786. The van der Waals surface area contributed by atoms with E-state index in [1.54, 1.807) is 20.3 Å². The van der Waals surface area contributed by atoms with Crippen molar-refractivity contribution < 1.29 is 23.8 Å². The van der Waals surface area contributed by atoms with Crippen LogP contribution < -0.4 is 14.8 Å². The fourth-order valence-electron chi connectivity index (χ4n) is 4.92. The van der Waals surface area contributed by atoms with E-state index >= 15 is 0 Å². The first-order valence-electron chi connectivity index (χ1n) is 10.7. The Morgan fingerprint density at radius 3 is 2.42 bits per heavy atom. The predicted molar refractivity (Wildman–Crippen MR) is 126 cm³/mol. The van der Waals surface area contributed by atoms with Gasteiger partial charge in [0, 0.05) is 39.9 Å². The zero-order valence-corrected chi connectivity index (χ0v) is 19.6. The summed E-state index contributed by atoms with van der Waals surface area (Å²) in [6.45, 7) is 4.12. The predicted octanol–water partition coefficient (Wildman–Crippen LogP) is 4.75. The molecule has 0 amide bonds. The molecule has 4 rings (SSSR count). The van der Waals surface area contributed by atoms with Gasteiger partial charge in [0.05, 0.1) is 21.3 Å². The molecule has 1 aliphatic heterocycles. The highest BCUT2D eigenvalue weighted by Crippen LogP contribution is 2.50. The molecule has 0 bridgehead atoms. The van der Waals surface area contributed by atoms with Crippen LogP contribution in [0.2, 0.25) is 5.02 Å². The first kappa shape index (κ1) is 22.9. The topological polar surface area (TPSA) is 73.9 Å². The van der Waals surface area contributed by atoms with Crippen LogP contribution in [0.3, 0.4) is 0 Å². The van der Waals surface area contributed by atoms with E-state index in [0.29, 0.717) is 46.2 Å². The highest BCUT2D eigenvalue weighted by atomic mass is 35.5. The van der Waals surface area contributed by atoms with Gasteiger partial charge in [0.25, 0.3) is 0 Å². The molecule has 0 spiro atoms. The average Bonchev–Trinajstić information content (AvgIpc) is 2.82. The second-order valence-corrected chi connectivity index (χ2v) is 8.62. The molecule has 172 valence electrons. The molecule has 0 saturated carbocycles. The number of ketones is 1. The number of nitrogens with one attached hydrogen (secondary N) is 1. The van der Waals surface area contributed by atoms with Gasteiger partial charge in [0.1, 0.15) is 5.92 Å². The third kappa shape index (κ3) is 4.11. The Morgan fingerprint density at radius 1 is 1.06 bits per heavy atom. The van der Waals surface area contributed by atoms with E-state index in [2.05, 4.69) is 11.9 Å². The van der Waals surface area contributed by atoms with Gasteiger partial charge >= 0.3 is 5.97 Å². The largest absolute Gasteiger partial charge is 0.493 e. The number of esters is 1. The van der Waals surface area contributed by atoms with E-state index in [4.69, 9.17) is 25.8 Å². The van der Waals surface area contributed by atoms with Gasteiger partial charge in [-0.15, -0.1) is 0 Å². The number of ether oxygens (including phenoxy) is 3. The summed E-state index contributed by atoms with van der Waals surface area (Å²) in [7, 11) is 4.42. The molecule has 0 fully saturated rings. The van der Waals surface area contributed by atoms with Crippen molar-refractivity contribution in [3.05, 3.63) is 82.2 Å². The Balaban J connectivity index is 1.86. The fraction of sp³-hybridized carbons (Fsp3) is 0.308. The summed E-state index contributed by atoms with van der Waals surface area (Å²) < 4.78 is 16.2. The zero-order valence-electron chi connectivity index (χ0n) is 18.8. The summed E-state index contributed by atoms with van der Waals surface area (Å²) >= 11 is 6.04. The Hall–Kier alpha value is -3.25. The lowest BCUT2D eigenvalue weighted by Gasteiger charge is -2.40. The molecule has 0 saturated heterocycles. The van der Waals surface area contributed by atoms with Gasteiger partial charge in [-0.3, -0.25) is 9.59 Å². The first-order chi connectivity index (χ1) is 15.9. The third-order valence-electron chi connectivity index (χ3n) is 6.40. The maximum atomic E-state index is 13.6. The maximum Gasteiger partial charge on any atom is 0.315 e. The van der Waals surface area contributed by atoms with Crippen molar-refractivity contribution in [2.24, 2.45) is 5.92 Å². The van der Waals surface area contributed by atoms with E-state index < -0.39 is 17.8 Å². The number of hydrogen-bond donors (Lipinski definition) is 1. The van der Waals surface area contributed by atoms with Crippen molar-refractivity contribution in [3.8, 4) is 11.5 Å². The number of para-hydroxylation sites is 1. The molecular weight excluding hydrogens is 442 g/mol. The first-order valence-corrected chi connectivity index (χ1v) is 11.0. The normalized spacial score (nSPS) is 22.4. The van der Waals surface area contributed by atoms with Crippen LogP contribution in [0, 0.1) is 5.92 Å². The zero-order chi connectivity index (χ0) is 23.7. The SMILES string of the molecule is C=C1NC2=C(C(=O)CC(c3ccc(Cl)cc3)C2)C(c2cccc(OC)c2OC)C1C(=O)OC. The molecule has 2 aromatic carbocycles. The Kier molecular flexibility index (Phi) is 6.47. The number of halogens is 1. The van der Waals surface area contributed by atoms with Gasteiger partial charge in [-0.2, -0.15) is 0 Å². The number of benzene rings is 2. The number of rotatable bonds is 5. The molecule has 1 aliphatic carbocycles. The van der Waals surface area contributed by atoms with Gasteiger partial charge in [-0.05, 0) is 36.1 Å². The molecule has 2 aliphatic rings. The van der Waals surface area contributed by atoms with Crippen LogP contribution in [-0.4, -0.2) is 33.1 Å². The van der Waals surface area contributed by atoms with E-state index in [0.717, 1.165) is 11.3 Å². The van der Waals surface area contributed by atoms with Gasteiger partial charge < -0.3 is 19.5 Å². The lowest BCUT2D eigenvalue weighted by atomic mass is 9.68. The summed E-state index contributed by atoms with van der Waals surface area (Å²) in [6, 6.07) is 13.0. The molecule has 0 aromatic heterocycles. The Bertz CT molecular complexity index is 1140. The molecule has 3 unspecified atom stereocenters. The quantitative estimate of drug-likeness (QED) is 0.640. The van der Waals surface area contributed by atoms with Crippen LogP contribution in [0.5, 0.6) is 11.5 Å². The summed E-state index contributed by atoms with van der Waals surface area (Å²) in [4.78, 5) is 26.5. The summed E-state index contributed by atoms with van der Waals surface area (Å²) in [5.41, 5.74) is 3.54. The van der Waals surface area contributed by atoms with Crippen molar-refractivity contribution in [2.45, 2.75) is 24.7 Å². The van der Waals surface area contributed by atoms with Crippen molar-refractivity contribution in [1.29, 1.82) is 0 Å². The number of methoxy groups -OCH3 is 3. The Morgan fingerprint density at radius 2 is 1.79 bits per heavy atom. The number of hydrogen-bond acceptors (Lipinski definition) is 6. The maximum absolute atomic E-state index is 13.6. The van der Waals surface area contributed by atoms with E-state index in [-0.39, 0.29) is 11.7 Å². The van der Waals surface area contributed by atoms with Crippen molar-refractivity contribution in [2.75, 3.05) is 21.3 Å². The van der Waals surface area contributed by atoms with Crippen LogP contribution >= 0.6 is 11.6 Å². The third-order valence-corrected chi connectivity index (χ3v) is 6.66. The van der Waals surface area contributed by atoms with E-state index in [9.17, 15) is 9.59 Å². The molecular formula is C26H26ClNO5. The summed E-state index contributed by atoms with van der Waals surface area (Å²) in [5.74, 6) is -0.895. The van der Waals surface area contributed by atoms with Crippen molar-refractivity contribution >= 4 is 23.4 Å². The molecule has 3 atom stereocenters. The molecule has 6 nitrogen and oxygen atoms in total.